The molecule has 3 rings (SSSR count). The Kier molecular flexibility index (Phi) is 5.61. The van der Waals surface area contributed by atoms with E-state index in [2.05, 4.69) is 30.7 Å². The second-order valence-electron chi connectivity index (χ2n) is 6.43. The van der Waals surface area contributed by atoms with Gasteiger partial charge < -0.3 is 19.7 Å². The Labute approximate surface area is 151 Å². The Morgan fingerprint density at radius 3 is 2.96 bits per heavy atom. The minimum atomic E-state index is -0.366. The van der Waals surface area contributed by atoms with Crippen molar-refractivity contribution in [2.45, 2.75) is 19.4 Å². The summed E-state index contributed by atoms with van der Waals surface area (Å²) < 4.78 is 6.84. The zero-order valence-electron chi connectivity index (χ0n) is 14.9. The summed E-state index contributed by atoms with van der Waals surface area (Å²) in [5.41, 5.74) is 0.547. The lowest BCUT2D eigenvalue weighted by Gasteiger charge is -2.31. The van der Waals surface area contributed by atoms with Crippen LogP contribution in [0.1, 0.15) is 39.8 Å². The molecule has 2 aromatic rings. The average Bonchev–Trinajstić information content (AvgIpc) is 3.28. The van der Waals surface area contributed by atoms with Crippen LogP contribution in [0.5, 0.6) is 0 Å². The number of rotatable bonds is 6. The topological polar surface area (TPSA) is 118 Å². The van der Waals surface area contributed by atoms with Crippen LogP contribution in [-0.4, -0.2) is 63.1 Å². The molecule has 0 aromatic carbocycles. The summed E-state index contributed by atoms with van der Waals surface area (Å²) in [5.74, 6) is 0.327. The molecule has 1 atom stereocenters. The monoisotopic (exact) mass is 361 g/mol. The number of nitrogens with zero attached hydrogens (tertiary/aromatic N) is 5. The van der Waals surface area contributed by atoms with E-state index in [9.17, 15) is 9.59 Å². The third-order valence-electron chi connectivity index (χ3n) is 4.46. The molecule has 0 spiro atoms. The number of aromatic nitrogens is 4. The van der Waals surface area contributed by atoms with E-state index < -0.39 is 0 Å². The molecule has 1 saturated heterocycles. The quantitative estimate of drug-likeness (QED) is 0.732. The Morgan fingerprint density at radius 1 is 1.38 bits per heavy atom. The van der Waals surface area contributed by atoms with Gasteiger partial charge >= 0.3 is 0 Å². The molecular weight excluding hydrogens is 338 g/mol. The van der Waals surface area contributed by atoms with Gasteiger partial charge in [0.25, 0.3) is 17.6 Å². The molecule has 1 fully saturated rings. The highest BCUT2D eigenvalue weighted by atomic mass is 16.5. The normalized spacial score (nSPS) is 17.8. The van der Waals surface area contributed by atoms with Crippen molar-refractivity contribution in [2.24, 2.45) is 13.0 Å². The first-order valence-electron chi connectivity index (χ1n) is 8.58. The van der Waals surface area contributed by atoms with E-state index in [1.165, 1.54) is 7.05 Å². The molecule has 0 radical (unpaired) electrons. The molecule has 2 aromatic heterocycles. The van der Waals surface area contributed by atoms with Gasteiger partial charge in [-0.1, -0.05) is 5.16 Å². The van der Waals surface area contributed by atoms with Gasteiger partial charge in [-0.25, -0.2) is 4.98 Å². The van der Waals surface area contributed by atoms with E-state index in [0.717, 1.165) is 25.9 Å². The first-order valence-corrected chi connectivity index (χ1v) is 8.58. The fraction of sp³-hybridized carbons (Fsp3) is 0.562. The standard InChI is InChI=1S/C16H23N7O3/c1-17-16(25)14-20-13(26-21-14)9-23-5-3-4-11(8-23)6-19-15(24)12-7-18-10-22(12)2/h7,10-11H,3-6,8-9H2,1-2H3,(H,17,25)(H,19,24). The number of carbonyl (C=O) groups excluding carboxylic acids is 2. The number of hydrogen-bond acceptors (Lipinski definition) is 7. The molecule has 0 bridgehead atoms. The third kappa shape index (κ3) is 4.26. The van der Waals surface area contributed by atoms with Gasteiger partial charge in [0.05, 0.1) is 19.1 Å². The minimum Gasteiger partial charge on any atom is -0.352 e. The van der Waals surface area contributed by atoms with Crippen LogP contribution in [0.3, 0.4) is 0 Å². The third-order valence-corrected chi connectivity index (χ3v) is 4.46. The first-order chi connectivity index (χ1) is 12.6. The Hall–Kier alpha value is -2.75. The lowest BCUT2D eigenvalue weighted by atomic mass is 9.98. The van der Waals surface area contributed by atoms with Crippen LogP contribution in [0.4, 0.5) is 0 Å². The molecule has 2 N–H and O–H groups in total. The van der Waals surface area contributed by atoms with Gasteiger partial charge in [0.1, 0.15) is 5.69 Å². The van der Waals surface area contributed by atoms with Gasteiger partial charge in [0.15, 0.2) is 0 Å². The second kappa shape index (κ2) is 8.09. The smallest absolute Gasteiger partial charge is 0.292 e. The predicted octanol–water partition coefficient (Wildman–Crippen LogP) is -0.195. The van der Waals surface area contributed by atoms with Crippen LogP contribution in [0.15, 0.2) is 17.0 Å². The number of piperidine rings is 1. The van der Waals surface area contributed by atoms with Crippen molar-refractivity contribution in [1.82, 2.24) is 35.2 Å². The van der Waals surface area contributed by atoms with Crippen LogP contribution in [0.25, 0.3) is 0 Å². The molecule has 2 amide bonds. The first kappa shape index (κ1) is 18.1. The number of likely N-dealkylation sites (tertiary alicyclic amines) is 1. The second-order valence-corrected chi connectivity index (χ2v) is 6.43. The zero-order chi connectivity index (χ0) is 18.5. The lowest BCUT2D eigenvalue weighted by Crippen LogP contribution is -2.40. The van der Waals surface area contributed by atoms with Crippen LogP contribution in [0, 0.1) is 5.92 Å². The van der Waals surface area contributed by atoms with Crippen LogP contribution < -0.4 is 10.6 Å². The summed E-state index contributed by atoms with van der Waals surface area (Å²) in [4.78, 5) is 33.9. The number of carbonyl (C=O) groups is 2. The number of imidazole rings is 1. The zero-order valence-corrected chi connectivity index (χ0v) is 14.9. The summed E-state index contributed by atoms with van der Waals surface area (Å²) in [6, 6.07) is 0. The maximum absolute atomic E-state index is 12.2. The van der Waals surface area contributed by atoms with E-state index in [-0.39, 0.29) is 17.6 Å². The summed E-state index contributed by atoms with van der Waals surface area (Å²) >= 11 is 0. The highest BCUT2D eigenvalue weighted by molar-refractivity contribution is 5.92. The summed E-state index contributed by atoms with van der Waals surface area (Å²) in [7, 11) is 3.31. The molecule has 10 heteroatoms. The average molecular weight is 361 g/mol. The van der Waals surface area contributed by atoms with Crippen molar-refractivity contribution in [2.75, 3.05) is 26.7 Å². The van der Waals surface area contributed by atoms with Crippen molar-refractivity contribution in [3.8, 4) is 0 Å². The van der Waals surface area contributed by atoms with E-state index in [4.69, 9.17) is 4.52 Å². The number of aryl methyl sites for hydroxylation is 1. The summed E-state index contributed by atoms with van der Waals surface area (Å²) in [6.07, 6.45) is 5.25. The minimum absolute atomic E-state index is 0.0412. The van der Waals surface area contributed by atoms with Crippen LogP contribution in [-0.2, 0) is 13.6 Å². The van der Waals surface area contributed by atoms with Crippen LogP contribution >= 0.6 is 0 Å². The van der Waals surface area contributed by atoms with Crippen LogP contribution in [0.2, 0.25) is 0 Å². The van der Waals surface area contributed by atoms with Gasteiger partial charge in [0.2, 0.25) is 5.89 Å². The van der Waals surface area contributed by atoms with E-state index in [1.807, 2.05) is 0 Å². The summed E-state index contributed by atoms with van der Waals surface area (Å²) in [5, 5.41) is 9.12. The van der Waals surface area contributed by atoms with Crippen molar-refractivity contribution in [3.05, 3.63) is 29.9 Å². The SMILES string of the molecule is CNC(=O)c1noc(CN2CCCC(CNC(=O)c3cncn3C)C2)n1. The fourth-order valence-electron chi connectivity index (χ4n) is 3.08. The lowest BCUT2D eigenvalue weighted by molar-refractivity contribution is 0.0916. The van der Waals surface area contributed by atoms with Gasteiger partial charge in [-0.2, -0.15) is 4.98 Å². The van der Waals surface area contributed by atoms with Gasteiger partial charge in [-0.15, -0.1) is 0 Å². The molecule has 1 aliphatic rings. The van der Waals surface area contributed by atoms with E-state index in [1.54, 1.807) is 24.1 Å². The van der Waals surface area contributed by atoms with Crippen molar-refractivity contribution >= 4 is 11.8 Å². The highest BCUT2D eigenvalue weighted by Crippen LogP contribution is 2.17. The molecule has 0 aliphatic carbocycles. The molecule has 1 unspecified atom stereocenters. The van der Waals surface area contributed by atoms with Crippen molar-refractivity contribution < 1.29 is 14.1 Å². The molecule has 1 aliphatic heterocycles. The predicted molar refractivity (Wildman–Crippen MR) is 91.2 cm³/mol. The molecule has 3 heterocycles. The Balaban J connectivity index is 1.49. The Morgan fingerprint density at radius 2 is 2.23 bits per heavy atom. The van der Waals surface area contributed by atoms with Gasteiger partial charge in [-0.3, -0.25) is 14.5 Å². The van der Waals surface area contributed by atoms with Gasteiger partial charge in [-0.05, 0) is 25.3 Å². The van der Waals surface area contributed by atoms with E-state index >= 15 is 0 Å². The number of amides is 2. The number of nitrogens with one attached hydrogen (secondary N) is 2. The largest absolute Gasteiger partial charge is 0.352 e. The maximum atomic E-state index is 12.2. The summed E-state index contributed by atoms with van der Waals surface area (Å²) in [6.45, 7) is 2.84. The highest BCUT2D eigenvalue weighted by Gasteiger charge is 2.23. The van der Waals surface area contributed by atoms with Crippen molar-refractivity contribution in [1.29, 1.82) is 0 Å². The molecule has 140 valence electrons. The van der Waals surface area contributed by atoms with E-state index in [0.29, 0.717) is 30.6 Å². The van der Waals surface area contributed by atoms with Gasteiger partial charge in [0, 0.05) is 27.2 Å². The van der Waals surface area contributed by atoms with Crippen molar-refractivity contribution in [3.63, 3.8) is 0 Å². The number of hydrogen-bond donors (Lipinski definition) is 2. The maximum Gasteiger partial charge on any atom is 0.292 e. The fourth-order valence-corrected chi connectivity index (χ4v) is 3.08. The Bertz CT molecular complexity index is 769. The molecule has 10 nitrogen and oxygen atoms in total. The molecular formula is C16H23N7O3. The molecule has 0 saturated carbocycles. The molecule has 26 heavy (non-hydrogen) atoms.